The van der Waals surface area contributed by atoms with Gasteiger partial charge in [0.2, 0.25) is 0 Å². The van der Waals surface area contributed by atoms with E-state index in [4.69, 9.17) is 4.99 Å². The van der Waals surface area contributed by atoms with Crippen molar-refractivity contribution in [3.63, 3.8) is 0 Å². The van der Waals surface area contributed by atoms with Crippen molar-refractivity contribution >= 4 is 16.9 Å². The molecule has 1 spiro atoms. The quantitative estimate of drug-likeness (QED) is 0.902. The van der Waals surface area contributed by atoms with Crippen molar-refractivity contribution < 1.29 is 0 Å². The number of aliphatic imine (C=N–C) groups is 1. The van der Waals surface area contributed by atoms with Gasteiger partial charge in [0, 0.05) is 17.8 Å². The van der Waals surface area contributed by atoms with Crippen molar-refractivity contribution in [3.8, 4) is 0 Å². The second-order valence-corrected chi connectivity index (χ2v) is 6.29. The highest BCUT2D eigenvalue weighted by Gasteiger charge is 2.39. The second-order valence-electron chi connectivity index (χ2n) is 5.32. The summed E-state index contributed by atoms with van der Waals surface area (Å²) in [5, 5.41) is 4.84. The molecule has 0 atom stereocenters. The molecule has 3 rings (SSSR count). The van der Waals surface area contributed by atoms with E-state index in [2.05, 4.69) is 35.6 Å². The molecule has 1 saturated carbocycles. The molecule has 1 aromatic carbocycles. The smallest absolute Gasteiger partial charge is 0.157 e. The molecule has 1 saturated heterocycles. The van der Waals surface area contributed by atoms with Crippen LogP contribution < -0.4 is 5.32 Å². The van der Waals surface area contributed by atoms with Gasteiger partial charge in [-0.15, -0.1) is 0 Å². The zero-order chi connectivity index (χ0) is 12.3. The van der Waals surface area contributed by atoms with Gasteiger partial charge >= 0.3 is 0 Å². The average Bonchev–Trinajstić information content (AvgIpc) is 3.02. The number of rotatable bonds is 3. The van der Waals surface area contributed by atoms with Gasteiger partial charge in [-0.05, 0) is 24.8 Å². The lowest BCUT2D eigenvalue weighted by Crippen LogP contribution is -2.40. The first-order valence-electron chi connectivity index (χ1n) is 6.86. The Labute approximate surface area is 113 Å². The van der Waals surface area contributed by atoms with Crippen LogP contribution in [0.5, 0.6) is 0 Å². The number of benzene rings is 1. The summed E-state index contributed by atoms with van der Waals surface area (Å²) < 4.78 is 0. The first-order valence-corrected chi connectivity index (χ1v) is 7.84. The summed E-state index contributed by atoms with van der Waals surface area (Å²) in [7, 11) is 0. The lowest BCUT2D eigenvalue weighted by molar-refractivity contribution is 0.452. The molecular formula is C15H20N2S. The van der Waals surface area contributed by atoms with Gasteiger partial charge in [-0.1, -0.05) is 54.9 Å². The van der Waals surface area contributed by atoms with Crippen LogP contribution in [0, 0.1) is 0 Å². The van der Waals surface area contributed by atoms with Crippen LogP contribution in [0.4, 0.5) is 0 Å². The van der Waals surface area contributed by atoms with E-state index in [-0.39, 0.29) is 0 Å². The molecule has 1 aromatic rings. The maximum atomic E-state index is 4.71. The van der Waals surface area contributed by atoms with Crippen molar-refractivity contribution in [1.29, 1.82) is 0 Å². The van der Waals surface area contributed by atoms with Crippen LogP contribution in [0.25, 0.3) is 0 Å². The van der Waals surface area contributed by atoms with Gasteiger partial charge in [0.1, 0.15) is 0 Å². The third kappa shape index (κ3) is 2.72. The van der Waals surface area contributed by atoms with Crippen molar-refractivity contribution in [2.45, 2.75) is 37.6 Å². The van der Waals surface area contributed by atoms with E-state index in [1.54, 1.807) is 0 Å². The largest absolute Gasteiger partial charge is 0.359 e. The molecule has 96 valence electrons. The van der Waals surface area contributed by atoms with Gasteiger partial charge in [0.25, 0.3) is 0 Å². The Hall–Kier alpha value is -0.960. The van der Waals surface area contributed by atoms with Gasteiger partial charge in [0.15, 0.2) is 5.17 Å². The number of hydrogen-bond donors (Lipinski definition) is 1. The van der Waals surface area contributed by atoms with E-state index in [1.165, 1.54) is 42.2 Å². The minimum Gasteiger partial charge on any atom is -0.359 e. The molecule has 1 N–H and O–H groups in total. The van der Waals surface area contributed by atoms with Gasteiger partial charge in [0.05, 0.1) is 0 Å². The monoisotopic (exact) mass is 260 g/mol. The van der Waals surface area contributed by atoms with Gasteiger partial charge in [-0.25, -0.2) is 0 Å². The highest BCUT2D eigenvalue weighted by molar-refractivity contribution is 8.14. The zero-order valence-corrected chi connectivity index (χ0v) is 11.5. The fraction of sp³-hybridized carbons (Fsp3) is 0.533. The molecule has 18 heavy (non-hydrogen) atoms. The van der Waals surface area contributed by atoms with E-state index in [0.29, 0.717) is 5.54 Å². The van der Waals surface area contributed by atoms with E-state index >= 15 is 0 Å². The predicted molar refractivity (Wildman–Crippen MR) is 79.2 cm³/mol. The highest BCUT2D eigenvalue weighted by Crippen LogP contribution is 2.37. The Morgan fingerprint density at radius 1 is 1.17 bits per heavy atom. The average molecular weight is 260 g/mol. The molecule has 2 aliphatic rings. The SMILES string of the molecule is c1ccc(CCN=C2NC3(CCCC3)CS2)cc1. The fourth-order valence-electron chi connectivity index (χ4n) is 2.84. The lowest BCUT2D eigenvalue weighted by Gasteiger charge is -2.21. The maximum Gasteiger partial charge on any atom is 0.157 e. The van der Waals surface area contributed by atoms with Crippen molar-refractivity contribution in [2.75, 3.05) is 12.3 Å². The minimum atomic E-state index is 0.399. The van der Waals surface area contributed by atoms with E-state index in [9.17, 15) is 0 Å². The summed E-state index contributed by atoms with van der Waals surface area (Å²) in [6.45, 7) is 0.898. The summed E-state index contributed by atoms with van der Waals surface area (Å²) in [5.74, 6) is 1.22. The molecule has 0 bridgehead atoms. The van der Waals surface area contributed by atoms with Crippen LogP contribution in [-0.4, -0.2) is 23.0 Å². The first-order chi connectivity index (χ1) is 8.86. The van der Waals surface area contributed by atoms with Crippen LogP contribution in [0.1, 0.15) is 31.2 Å². The first kappa shape index (κ1) is 12.1. The van der Waals surface area contributed by atoms with E-state index in [0.717, 1.165) is 13.0 Å². The molecule has 0 amide bonds. The third-order valence-electron chi connectivity index (χ3n) is 3.92. The fourth-order valence-corrected chi connectivity index (χ4v) is 4.09. The third-order valence-corrected chi connectivity index (χ3v) is 5.12. The molecular weight excluding hydrogens is 240 g/mol. The van der Waals surface area contributed by atoms with Crippen LogP contribution in [0.2, 0.25) is 0 Å². The molecule has 1 aliphatic heterocycles. The Morgan fingerprint density at radius 3 is 2.72 bits per heavy atom. The molecule has 1 aliphatic carbocycles. The van der Waals surface area contributed by atoms with Gasteiger partial charge in [-0.3, -0.25) is 4.99 Å². The molecule has 2 fully saturated rings. The van der Waals surface area contributed by atoms with Gasteiger partial charge < -0.3 is 5.32 Å². The summed E-state index contributed by atoms with van der Waals surface area (Å²) in [6.07, 6.45) is 6.46. The summed E-state index contributed by atoms with van der Waals surface area (Å²) in [6, 6.07) is 10.6. The zero-order valence-electron chi connectivity index (χ0n) is 10.7. The number of nitrogens with zero attached hydrogens (tertiary/aromatic N) is 1. The number of thioether (sulfide) groups is 1. The summed E-state index contributed by atoms with van der Waals surface area (Å²) >= 11 is 1.91. The number of amidine groups is 1. The lowest BCUT2D eigenvalue weighted by atomic mass is 10.0. The van der Waals surface area contributed by atoms with Crippen molar-refractivity contribution in [1.82, 2.24) is 5.32 Å². The highest BCUT2D eigenvalue weighted by atomic mass is 32.2. The molecule has 2 nitrogen and oxygen atoms in total. The Morgan fingerprint density at radius 2 is 1.94 bits per heavy atom. The molecule has 0 radical (unpaired) electrons. The minimum absolute atomic E-state index is 0.399. The topological polar surface area (TPSA) is 24.4 Å². The Kier molecular flexibility index (Phi) is 3.59. The van der Waals surface area contributed by atoms with Crippen molar-refractivity contribution in [3.05, 3.63) is 35.9 Å². The second kappa shape index (κ2) is 5.35. The normalized spacial score (nSPS) is 23.7. The van der Waals surface area contributed by atoms with Crippen LogP contribution >= 0.6 is 11.8 Å². The standard InChI is InChI=1S/C15H20N2S/c1-2-6-13(7-3-1)8-11-16-14-17-15(12-18-14)9-4-5-10-15/h1-3,6-7H,4-5,8-12H2,(H,16,17). The Bertz CT molecular complexity index is 421. The van der Waals surface area contributed by atoms with Crippen LogP contribution in [-0.2, 0) is 6.42 Å². The van der Waals surface area contributed by atoms with Crippen LogP contribution in [0.3, 0.4) is 0 Å². The maximum absolute atomic E-state index is 4.71. The van der Waals surface area contributed by atoms with Crippen molar-refractivity contribution in [2.24, 2.45) is 4.99 Å². The predicted octanol–water partition coefficient (Wildman–Crippen LogP) is 3.23. The number of hydrogen-bond acceptors (Lipinski definition) is 2. The molecule has 0 aromatic heterocycles. The van der Waals surface area contributed by atoms with E-state index in [1.807, 2.05) is 11.8 Å². The Balaban J connectivity index is 1.52. The number of nitrogens with one attached hydrogen (secondary N) is 1. The molecule has 3 heteroatoms. The molecule has 1 heterocycles. The summed E-state index contributed by atoms with van der Waals surface area (Å²) in [4.78, 5) is 4.71. The van der Waals surface area contributed by atoms with Gasteiger partial charge in [-0.2, -0.15) is 0 Å². The van der Waals surface area contributed by atoms with Crippen LogP contribution in [0.15, 0.2) is 35.3 Å². The van der Waals surface area contributed by atoms with E-state index < -0.39 is 0 Å². The summed E-state index contributed by atoms with van der Waals surface area (Å²) in [5.41, 5.74) is 1.77. The molecule has 0 unspecified atom stereocenters.